The van der Waals surface area contributed by atoms with E-state index in [1.807, 2.05) is 31.2 Å². The molecule has 5 heteroatoms. The van der Waals surface area contributed by atoms with Gasteiger partial charge in [-0.3, -0.25) is 11.3 Å². The SMILES string of the molecule is Cc1cccc(CC(NN)c2ccc(C(F)(F)F)cc2)c1. The predicted octanol–water partition coefficient (Wildman–Crippen LogP) is 3.76. The number of nitrogens with two attached hydrogens (primary N) is 1. The lowest BCUT2D eigenvalue weighted by Gasteiger charge is -2.17. The Kier molecular flexibility index (Phi) is 4.65. The van der Waals surface area contributed by atoms with Gasteiger partial charge < -0.3 is 0 Å². The van der Waals surface area contributed by atoms with Gasteiger partial charge in [0.25, 0.3) is 0 Å². The summed E-state index contributed by atoms with van der Waals surface area (Å²) < 4.78 is 37.7. The summed E-state index contributed by atoms with van der Waals surface area (Å²) in [5.74, 6) is 5.54. The van der Waals surface area contributed by atoms with Gasteiger partial charge in [0.2, 0.25) is 0 Å². The Morgan fingerprint density at radius 2 is 1.76 bits per heavy atom. The first-order valence-corrected chi connectivity index (χ1v) is 6.59. The number of hydrogen-bond donors (Lipinski definition) is 2. The van der Waals surface area contributed by atoms with Crippen LogP contribution in [-0.4, -0.2) is 0 Å². The smallest absolute Gasteiger partial charge is 0.271 e. The van der Waals surface area contributed by atoms with Gasteiger partial charge in [-0.15, -0.1) is 0 Å². The molecule has 1 atom stereocenters. The molecule has 0 fully saturated rings. The van der Waals surface area contributed by atoms with Crippen LogP contribution in [0.25, 0.3) is 0 Å². The van der Waals surface area contributed by atoms with Gasteiger partial charge in [-0.25, -0.2) is 0 Å². The van der Waals surface area contributed by atoms with Crippen molar-refractivity contribution in [2.45, 2.75) is 25.6 Å². The molecule has 0 amide bonds. The minimum Gasteiger partial charge on any atom is -0.271 e. The fraction of sp³-hybridized carbons (Fsp3) is 0.250. The lowest BCUT2D eigenvalue weighted by molar-refractivity contribution is -0.137. The van der Waals surface area contributed by atoms with E-state index >= 15 is 0 Å². The largest absolute Gasteiger partial charge is 0.416 e. The third-order valence-electron chi connectivity index (χ3n) is 3.36. The van der Waals surface area contributed by atoms with E-state index in [2.05, 4.69) is 5.43 Å². The monoisotopic (exact) mass is 294 g/mol. The lowest BCUT2D eigenvalue weighted by atomic mass is 9.97. The molecule has 0 saturated heterocycles. The van der Waals surface area contributed by atoms with Crippen molar-refractivity contribution in [2.24, 2.45) is 5.84 Å². The summed E-state index contributed by atoms with van der Waals surface area (Å²) in [4.78, 5) is 0. The molecule has 2 rings (SSSR count). The molecule has 2 aromatic rings. The fourth-order valence-corrected chi connectivity index (χ4v) is 2.25. The van der Waals surface area contributed by atoms with Gasteiger partial charge in [-0.2, -0.15) is 13.2 Å². The molecule has 0 aromatic heterocycles. The van der Waals surface area contributed by atoms with Crippen LogP contribution in [0.2, 0.25) is 0 Å². The highest BCUT2D eigenvalue weighted by molar-refractivity contribution is 5.29. The van der Waals surface area contributed by atoms with E-state index in [9.17, 15) is 13.2 Å². The number of halogens is 3. The second kappa shape index (κ2) is 6.28. The third-order valence-corrected chi connectivity index (χ3v) is 3.36. The van der Waals surface area contributed by atoms with Crippen LogP contribution in [0, 0.1) is 6.92 Å². The summed E-state index contributed by atoms with van der Waals surface area (Å²) in [7, 11) is 0. The Hall–Kier alpha value is -1.85. The summed E-state index contributed by atoms with van der Waals surface area (Å²) in [5, 5.41) is 0. The summed E-state index contributed by atoms with van der Waals surface area (Å²) in [5.41, 5.74) is 4.95. The predicted molar refractivity (Wildman–Crippen MR) is 76.4 cm³/mol. The van der Waals surface area contributed by atoms with E-state index in [0.29, 0.717) is 6.42 Å². The van der Waals surface area contributed by atoms with Crippen LogP contribution in [-0.2, 0) is 12.6 Å². The summed E-state index contributed by atoms with van der Waals surface area (Å²) in [6, 6.07) is 12.8. The second-order valence-electron chi connectivity index (χ2n) is 5.03. The number of aryl methyl sites for hydroxylation is 1. The summed E-state index contributed by atoms with van der Waals surface area (Å²) in [6.45, 7) is 1.99. The second-order valence-corrected chi connectivity index (χ2v) is 5.03. The molecule has 112 valence electrons. The highest BCUT2D eigenvalue weighted by Crippen LogP contribution is 2.30. The van der Waals surface area contributed by atoms with Crippen LogP contribution >= 0.6 is 0 Å². The molecule has 1 unspecified atom stereocenters. The van der Waals surface area contributed by atoms with Crippen LogP contribution in [0.15, 0.2) is 48.5 Å². The maximum absolute atomic E-state index is 12.6. The highest BCUT2D eigenvalue weighted by atomic mass is 19.4. The van der Waals surface area contributed by atoms with Crippen LogP contribution in [0.1, 0.15) is 28.3 Å². The molecular formula is C16H17F3N2. The average Bonchev–Trinajstić information content (AvgIpc) is 2.44. The molecule has 0 aliphatic rings. The first kappa shape index (κ1) is 15.5. The van der Waals surface area contributed by atoms with E-state index in [4.69, 9.17) is 5.84 Å². The van der Waals surface area contributed by atoms with E-state index in [0.717, 1.165) is 28.8 Å². The molecule has 0 spiro atoms. The standard InChI is InChI=1S/C16H17F3N2/c1-11-3-2-4-12(9-11)10-15(21-20)13-5-7-14(8-6-13)16(17,18)19/h2-9,15,21H,10,20H2,1H3. The van der Waals surface area contributed by atoms with Crippen LogP contribution in [0.5, 0.6) is 0 Å². The van der Waals surface area contributed by atoms with Gasteiger partial charge >= 0.3 is 6.18 Å². The molecule has 2 nitrogen and oxygen atoms in total. The zero-order valence-electron chi connectivity index (χ0n) is 11.6. The van der Waals surface area contributed by atoms with Gasteiger partial charge in [0, 0.05) is 6.04 Å². The van der Waals surface area contributed by atoms with E-state index in [1.165, 1.54) is 12.1 Å². The van der Waals surface area contributed by atoms with Crippen molar-refractivity contribution in [3.8, 4) is 0 Å². The summed E-state index contributed by atoms with van der Waals surface area (Å²) >= 11 is 0. The van der Waals surface area contributed by atoms with E-state index in [1.54, 1.807) is 0 Å². The Labute approximate surface area is 121 Å². The van der Waals surface area contributed by atoms with Crippen LogP contribution in [0.4, 0.5) is 13.2 Å². The number of alkyl halides is 3. The Bertz CT molecular complexity index is 591. The molecule has 0 radical (unpaired) electrons. The molecule has 0 saturated carbocycles. The van der Waals surface area contributed by atoms with Crippen LogP contribution in [0.3, 0.4) is 0 Å². The van der Waals surface area contributed by atoms with Crippen molar-refractivity contribution < 1.29 is 13.2 Å². The van der Waals surface area contributed by atoms with Crippen molar-refractivity contribution in [2.75, 3.05) is 0 Å². The molecule has 0 bridgehead atoms. The quantitative estimate of drug-likeness (QED) is 0.665. The molecule has 21 heavy (non-hydrogen) atoms. The minimum absolute atomic E-state index is 0.228. The number of hydrazine groups is 1. The van der Waals surface area contributed by atoms with Crippen LogP contribution < -0.4 is 11.3 Å². The zero-order valence-corrected chi connectivity index (χ0v) is 11.6. The number of rotatable bonds is 4. The van der Waals surface area contributed by atoms with Crippen molar-refractivity contribution in [3.05, 3.63) is 70.8 Å². The minimum atomic E-state index is -4.32. The average molecular weight is 294 g/mol. The van der Waals surface area contributed by atoms with Gasteiger partial charge in [-0.05, 0) is 36.6 Å². The van der Waals surface area contributed by atoms with Gasteiger partial charge in [-0.1, -0.05) is 42.0 Å². The number of benzene rings is 2. The van der Waals surface area contributed by atoms with Gasteiger partial charge in [0.15, 0.2) is 0 Å². The Balaban J connectivity index is 2.18. The van der Waals surface area contributed by atoms with Crippen molar-refractivity contribution in [1.29, 1.82) is 0 Å². The Morgan fingerprint density at radius 1 is 1.10 bits per heavy atom. The molecule has 3 N–H and O–H groups in total. The van der Waals surface area contributed by atoms with E-state index < -0.39 is 11.7 Å². The topological polar surface area (TPSA) is 38.0 Å². The Morgan fingerprint density at radius 3 is 2.29 bits per heavy atom. The lowest BCUT2D eigenvalue weighted by Crippen LogP contribution is -2.29. The molecule has 0 aliphatic heterocycles. The highest BCUT2D eigenvalue weighted by Gasteiger charge is 2.30. The maximum Gasteiger partial charge on any atom is 0.416 e. The van der Waals surface area contributed by atoms with E-state index in [-0.39, 0.29) is 6.04 Å². The molecule has 0 heterocycles. The normalized spacial score (nSPS) is 13.2. The first-order chi connectivity index (χ1) is 9.90. The number of nitrogens with one attached hydrogen (secondary N) is 1. The maximum atomic E-state index is 12.6. The fourth-order valence-electron chi connectivity index (χ4n) is 2.25. The van der Waals surface area contributed by atoms with Crippen molar-refractivity contribution in [3.63, 3.8) is 0 Å². The third kappa shape index (κ3) is 4.06. The molecule has 0 aliphatic carbocycles. The molecular weight excluding hydrogens is 277 g/mol. The molecule has 2 aromatic carbocycles. The zero-order chi connectivity index (χ0) is 15.5. The number of hydrogen-bond acceptors (Lipinski definition) is 2. The first-order valence-electron chi connectivity index (χ1n) is 6.59. The van der Waals surface area contributed by atoms with Gasteiger partial charge in [0.05, 0.1) is 5.56 Å². The van der Waals surface area contributed by atoms with Crippen molar-refractivity contribution in [1.82, 2.24) is 5.43 Å². The van der Waals surface area contributed by atoms with Gasteiger partial charge in [0.1, 0.15) is 0 Å². The van der Waals surface area contributed by atoms with Crippen molar-refractivity contribution >= 4 is 0 Å². The summed E-state index contributed by atoms with van der Waals surface area (Å²) in [6.07, 6.45) is -3.70.